The molecule has 3 aromatic carbocycles. The Morgan fingerprint density at radius 2 is 1.48 bits per heavy atom. The third-order valence-electron chi connectivity index (χ3n) is 3.97. The van der Waals surface area contributed by atoms with Crippen LogP contribution >= 0.6 is 0 Å². The minimum absolute atomic E-state index is 0.269. The summed E-state index contributed by atoms with van der Waals surface area (Å²) >= 11 is 0. The summed E-state index contributed by atoms with van der Waals surface area (Å²) < 4.78 is 16.0. The highest BCUT2D eigenvalue weighted by atomic mass is 19.1. The van der Waals surface area contributed by atoms with E-state index in [-0.39, 0.29) is 5.82 Å². The number of halogens is 1. The summed E-state index contributed by atoms with van der Waals surface area (Å²) in [5, 5.41) is 5.67. The summed E-state index contributed by atoms with van der Waals surface area (Å²) in [6, 6.07) is 24.9. The van der Waals surface area contributed by atoms with Gasteiger partial charge in [0.15, 0.2) is 0 Å². The third-order valence-corrected chi connectivity index (χ3v) is 3.97. The van der Waals surface area contributed by atoms with E-state index < -0.39 is 0 Å². The van der Waals surface area contributed by atoms with E-state index in [4.69, 9.17) is 0 Å². The van der Waals surface area contributed by atoms with E-state index in [2.05, 4.69) is 17.2 Å². The fourth-order valence-electron chi connectivity index (χ4n) is 2.87. The molecule has 1 heterocycles. The molecule has 0 spiro atoms. The smallest absolute Gasteiger partial charge is 0.148 e. The second kappa shape index (κ2) is 5.69. The molecule has 0 saturated carbocycles. The summed E-state index contributed by atoms with van der Waals surface area (Å²) in [5.74, 6) is -0.269. The number of para-hydroxylation sites is 1. The van der Waals surface area contributed by atoms with Crippen LogP contribution in [-0.4, -0.2) is 9.78 Å². The Bertz CT molecular complexity index is 958. The van der Waals surface area contributed by atoms with Crippen LogP contribution in [0.4, 0.5) is 4.39 Å². The molecule has 4 rings (SSSR count). The molecule has 0 atom stereocenters. The van der Waals surface area contributed by atoms with Crippen molar-refractivity contribution in [2.45, 2.75) is 6.42 Å². The molecule has 1 aromatic heterocycles. The van der Waals surface area contributed by atoms with Crippen molar-refractivity contribution < 1.29 is 4.39 Å². The van der Waals surface area contributed by atoms with Gasteiger partial charge in [0.1, 0.15) is 11.5 Å². The molecule has 4 aromatic rings. The third kappa shape index (κ3) is 2.50. The molecule has 112 valence electrons. The van der Waals surface area contributed by atoms with Crippen LogP contribution in [0.2, 0.25) is 0 Å². The van der Waals surface area contributed by atoms with Crippen molar-refractivity contribution in [3.05, 3.63) is 95.9 Å². The van der Waals surface area contributed by atoms with Crippen LogP contribution in [0.15, 0.2) is 78.9 Å². The van der Waals surface area contributed by atoms with Gasteiger partial charge in [0.2, 0.25) is 0 Å². The molecule has 0 radical (unpaired) electrons. The van der Waals surface area contributed by atoms with E-state index in [1.807, 2.05) is 48.5 Å². The van der Waals surface area contributed by atoms with E-state index in [0.29, 0.717) is 12.1 Å². The van der Waals surface area contributed by atoms with Crippen LogP contribution in [0, 0.1) is 5.82 Å². The lowest BCUT2D eigenvalue weighted by atomic mass is 10.1. The quantitative estimate of drug-likeness (QED) is 0.534. The molecule has 0 unspecified atom stereocenters. The van der Waals surface area contributed by atoms with Crippen molar-refractivity contribution in [1.82, 2.24) is 9.78 Å². The van der Waals surface area contributed by atoms with Crippen LogP contribution in [0.1, 0.15) is 11.3 Å². The molecule has 0 aliphatic rings. The first-order valence-corrected chi connectivity index (χ1v) is 7.58. The minimum Gasteiger partial charge on any atom is -0.233 e. The predicted octanol–water partition coefficient (Wildman–Crippen LogP) is 4.76. The standard InChI is InChI=1S/C20H15FN2/c21-17-11-5-7-13-19(17)23-20(14-15-8-2-1-3-9-15)16-10-4-6-12-18(16)22-23/h1-13H,14H2. The first kappa shape index (κ1) is 13.7. The van der Waals surface area contributed by atoms with Crippen molar-refractivity contribution in [2.75, 3.05) is 0 Å². The molecule has 3 heteroatoms. The first-order valence-electron chi connectivity index (χ1n) is 7.58. The summed E-state index contributed by atoms with van der Waals surface area (Å²) in [6.45, 7) is 0. The fraction of sp³-hybridized carbons (Fsp3) is 0.0500. The Morgan fingerprint density at radius 3 is 2.30 bits per heavy atom. The molecule has 0 N–H and O–H groups in total. The van der Waals surface area contributed by atoms with Gasteiger partial charge in [0.05, 0.1) is 11.2 Å². The molecule has 23 heavy (non-hydrogen) atoms. The zero-order valence-corrected chi connectivity index (χ0v) is 12.5. The van der Waals surface area contributed by atoms with Gasteiger partial charge in [-0.1, -0.05) is 60.7 Å². The highest BCUT2D eigenvalue weighted by Gasteiger charge is 2.15. The number of rotatable bonds is 3. The van der Waals surface area contributed by atoms with Crippen LogP contribution in [-0.2, 0) is 6.42 Å². The molecule has 0 fully saturated rings. The number of hydrogen-bond acceptors (Lipinski definition) is 1. The van der Waals surface area contributed by atoms with E-state index in [9.17, 15) is 4.39 Å². The largest absolute Gasteiger partial charge is 0.233 e. The molecule has 0 aliphatic heterocycles. The number of fused-ring (bicyclic) bond motifs is 1. The maximum absolute atomic E-state index is 14.3. The van der Waals surface area contributed by atoms with Gasteiger partial charge in [0.25, 0.3) is 0 Å². The van der Waals surface area contributed by atoms with Crippen LogP contribution in [0.25, 0.3) is 16.6 Å². The lowest BCUT2D eigenvalue weighted by molar-refractivity contribution is 0.608. The monoisotopic (exact) mass is 302 g/mol. The molecule has 0 aliphatic carbocycles. The molecule has 0 amide bonds. The minimum atomic E-state index is -0.269. The zero-order chi connectivity index (χ0) is 15.6. The number of benzene rings is 3. The SMILES string of the molecule is Fc1ccccc1-n1nc2ccccc2c1Cc1ccccc1. The van der Waals surface area contributed by atoms with Crippen LogP contribution in [0.5, 0.6) is 0 Å². The summed E-state index contributed by atoms with van der Waals surface area (Å²) in [6.07, 6.45) is 0.704. The second-order valence-electron chi connectivity index (χ2n) is 5.49. The van der Waals surface area contributed by atoms with Crippen molar-refractivity contribution in [3.63, 3.8) is 0 Å². The highest BCUT2D eigenvalue weighted by molar-refractivity contribution is 5.82. The average molecular weight is 302 g/mol. The Kier molecular flexibility index (Phi) is 3.39. The van der Waals surface area contributed by atoms with Crippen molar-refractivity contribution >= 4 is 10.9 Å². The van der Waals surface area contributed by atoms with Crippen molar-refractivity contribution in [1.29, 1.82) is 0 Å². The lowest BCUT2D eigenvalue weighted by Crippen LogP contribution is -2.05. The van der Waals surface area contributed by atoms with Gasteiger partial charge in [-0.3, -0.25) is 0 Å². The Morgan fingerprint density at radius 1 is 0.783 bits per heavy atom. The molecule has 0 bridgehead atoms. The second-order valence-corrected chi connectivity index (χ2v) is 5.49. The van der Waals surface area contributed by atoms with Gasteiger partial charge in [0, 0.05) is 11.8 Å². The molecule has 2 nitrogen and oxygen atoms in total. The van der Waals surface area contributed by atoms with Crippen molar-refractivity contribution in [3.8, 4) is 5.69 Å². The van der Waals surface area contributed by atoms with Crippen LogP contribution in [0.3, 0.4) is 0 Å². The number of nitrogens with zero attached hydrogens (tertiary/aromatic N) is 2. The molecular formula is C20H15FN2. The average Bonchev–Trinajstić information content (AvgIpc) is 2.95. The highest BCUT2D eigenvalue weighted by Crippen LogP contribution is 2.25. The van der Waals surface area contributed by atoms with Crippen molar-refractivity contribution in [2.24, 2.45) is 0 Å². The van der Waals surface area contributed by atoms with Gasteiger partial charge in [-0.25, -0.2) is 9.07 Å². The predicted molar refractivity (Wildman–Crippen MR) is 90.3 cm³/mol. The lowest BCUT2D eigenvalue weighted by Gasteiger charge is -2.09. The number of hydrogen-bond donors (Lipinski definition) is 0. The normalized spacial score (nSPS) is 11.0. The number of aromatic nitrogens is 2. The summed E-state index contributed by atoms with van der Waals surface area (Å²) in [5.41, 5.74) is 3.53. The van der Waals surface area contributed by atoms with Gasteiger partial charge in [-0.2, -0.15) is 5.10 Å². The van der Waals surface area contributed by atoms with E-state index in [0.717, 1.165) is 16.6 Å². The van der Waals surface area contributed by atoms with Gasteiger partial charge in [-0.05, 0) is 23.8 Å². The Balaban J connectivity index is 1.93. The van der Waals surface area contributed by atoms with E-state index >= 15 is 0 Å². The maximum Gasteiger partial charge on any atom is 0.148 e. The summed E-state index contributed by atoms with van der Waals surface area (Å²) in [4.78, 5) is 0. The van der Waals surface area contributed by atoms with Gasteiger partial charge >= 0.3 is 0 Å². The van der Waals surface area contributed by atoms with Gasteiger partial charge in [-0.15, -0.1) is 0 Å². The first-order chi connectivity index (χ1) is 11.3. The topological polar surface area (TPSA) is 17.8 Å². The Hall–Kier alpha value is -2.94. The van der Waals surface area contributed by atoms with Gasteiger partial charge < -0.3 is 0 Å². The molecular weight excluding hydrogens is 287 g/mol. The van der Waals surface area contributed by atoms with E-state index in [1.165, 1.54) is 11.6 Å². The fourth-order valence-corrected chi connectivity index (χ4v) is 2.87. The van der Waals surface area contributed by atoms with E-state index in [1.54, 1.807) is 16.8 Å². The maximum atomic E-state index is 14.3. The van der Waals surface area contributed by atoms with Crippen LogP contribution < -0.4 is 0 Å². The summed E-state index contributed by atoms with van der Waals surface area (Å²) in [7, 11) is 0. The Labute approximate surface area is 133 Å². The zero-order valence-electron chi connectivity index (χ0n) is 12.5. The molecule has 0 saturated heterocycles.